The quantitative estimate of drug-likeness (QED) is 0.850. The highest BCUT2D eigenvalue weighted by atomic mass is 19.1. The number of carbonyl (C=O) groups is 2. The lowest BCUT2D eigenvalue weighted by molar-refractivity contribution is -0.130. The standard InChI is InChI=1S/C17H19FN2O3/c1-13(21)20(12-16-6-3-9-23-16)8-7-19-17(22)11-14-4-2-5-15(18)10-14/h2-6,9-10H,7-8,11-12H2,1H3,(H,19,22). The molecule has 0 fully saturated rings. The second-order valence-electron chi connectivity index (χ2n) is 5.18. The molecular formula is C17H19FN2O3. The molecule has 1 aromatic heterocycles. The molecule has 5 nitrogen and oxygen atoms in total. The number of benzene rings is 1. The molecule has 1 N–H and O–H groups in total. The molecule has 0 aliphatic rings. The van der Waals surface area contributed by atoms with Crippen molar-refractivity contribution in [3.05, 3.63) is 59.8 Å². The number of nitrogens with one attached hydrogen (secondary N) is 1. The molecule has 2 rings (SSSR count). The van der Waals surface area contributed by atoms with Gasteiger partial charge in [0.1, 0.15) is 11.6 Å². The molecule has 0 spiro atoms. The first-order valence-corrected chi connectivity index (χ1v) is 7.33. The molecule has 122 valence electrons. The second kappa shape index (κ2) is 8.12. The summed E-state index contributed by atoms with van der Waals surface area (Å²) in [6, 6.07) is 9.48. The van der Waals surface area contributed by atoms with Crippen molar-refractivity contribution in [2.24, 2.45) is 0 Å². The van der Waals surface area contributed by atoms with Crippen LogP contribution in [0.25, 0.3) is 0 Å². The van der Waals surface area contributed by atoms with Crippen LogP contribution < -0.4 is 5.32 Å². The smallest absolute Gasteiger partial charge is 0.224 e. The van der Waals surface area contributed by atoms with Gasteiger partial charge in [0.25, 0.3) is 0 Å². The van der Waals surface area contributed by atoms with Crippen molar-refractivity contribution in [3.8, 4) is 0 Å². The molecule has 23 heavy (non-hydrogen) atoms. The van der Waals surface area contributed by atoms with Crippen LogP contribution in [0, 0.1) is 5.82 Å². The molecule has 0 aliphatic carbocycles. The van der Waals surface area contributed by atoms with Gasteiger partial charge in [-0.1, -0.05) is 12.1 Å². The maximum atomic E-state index is 13.1. The molecule has 0 radical (unpaired) electrons. The largest absolute Gasteiger partial charge is 0.467 e. The highest BCUT2D eigenvalue weighted by Gasteiger charge is 2.11. The van der Waals surface area contributed by atoms with Crippen LogP contribution in [0.3, 0.4) is 0 Å². The first-order chi connectivity index (χ1) is 11.0. The Morgan fingerprint density at radius 2 is 2.09 bits per heavy atom. The number of rotatable bonds is 7. The number of nitrogens with zero attached hydrogens (tertiary/aromatic N) is 1. The fourth-order valence-electron chi connectivity index (χ4n) is 2.16. The minimum atomic E-state index is -0.364. The molecule has 0 aliphatic heterocycles. The van der Waals surface area contributed by atoms with Crippen molar-refractivity contribution in [1.82, 2.24) is 10.2 Å². The Balaban J connectivity index is 1.77. The Hall–Kier alpha value is -2.63. The Labute approximate surface area is 134 Å². The molecule has 2 aromatic rings. The average molecular weight is 318 g/mol. The fraction of sp³-hybridized carbons (Fsp3) is 0.294. The van der Waals surface area contributed by atoms with Crippen molar-refractivity contribution in [2.75, 3.05) is 13.1 Å². The van der Waals surface area contributed by atoms with Gasteiger partial charge in [0, 0.05) is 20.0 Å². The summed E-state index contributed by atoms with van der Waals surface area (Å²) in [7, 11) is 0. The van der Waals surface area contributed by atoms with E-state index in [1.807, 2.05) is 0 Å². The third kappa shape index (κ3) is 5.58. The van der Waals surface area contributed by atoms with Crippen LogP contribution in [0.5, 0.6) is 0 Å². The summed E-state index contributed by atoms with van der Waals surface area (Å²) in [5.74, 6) is 0.0145. The van der Waals surface area contributed by atoms with E-state index in [0.29, 0.717) is 31.0 Å². The average Bonchev–Trinajstić information content (AvgIpc) is 2.99. The second-order valence-corrected chi connectivity index (χ2v) is 5.18. The van der Waals surface area contributed by atoms with Gasteiger partial charge in [0.2, 0.25) is 11.8 Å². The van der Waals surface area contributed by atoms with E-state index >= 15 is 0 Å². The van der Waals surface area contributed by atoms with Gasteiger partial charge >= 0.3 is 0 Å². The zero-order valence-electron chi connectivity index (χ0n) is 12.9. The maximum absolute atomic E-state index is 13.1. The SMILES string of the molecule is CC(=O)N(CCNC(=O)Cc1cccc(F)c1)Cc1ccco1. The minimum absolute atomic E-state index is 0.0965. The third-order valence-corrected chi connectivity index (χ3v) is 3.33. The number of hydrogen-bond donors (Lipinski definition) is 1. The Morgan fingerprint density at radius 1 is 1.26 bits per heavy atom. The third-order valence-electron chi connectivity index (χ3n) is 3.33. The Bertz CT molecular complexity index is 656. The summed E-state index contributed by atoms with van der Waals surface area (Å²) in [6.45, 7) is 2.54. The predicted octanol–water partition coefficient (Wildman–Crippen LogP) is 2.13. The van der Waals surface area contributed by atoms with Gasteiger partial charge in [0.05, 0.1) is 19.2 Å². The van der Waals surface area contributed by atoms with Gasteiger partial charge in [-0.3, -0.25) is 9.59 Å². The van der Waals surface area contributed by atoms with Gasteiger partial charge in [-0.2, -0.15) is 0 Å². The molecule has 0 bridgehead atoms. The van der Waals surface area contributed by atoms with Crippen molar-refractivity contribution < 1.29 is 18.4 Å². The normalized spacial score (nSPS) is 10.3. The summed E-state index contributed by atoms with van der Waals surface area (Å²) < 4.78 is 18.3. The van der Waals surface area contributed by atoms with E-state index in [1.165, 1.54) is 19.1 Å². The minimum Gasteiger partial charge on any atom is -0.467 e. The van der Waals surface area contributed by atoms with E-state index in [4.69, 9.17) is 4.42 Å². The first kappa shape index (κ1) is 16.7. The Morgan fingerprint density at radius 3 is 2.74 bits per heavy atom. The summed E-state index contributed by atoms with van der Waals surface area (Å²) in [5.41, 5.74) is 0.613. The van der Waals surface area contributed by atoms with Crippen LogP contribution in [0.2, 0.25) is 0 Å². The monoisotopic (exact) mass is 318 g/mol. The molecule has 0 atom stereocenters. The highest BCUT2D eigenvalue weighted by Crippen LogP contribution is 2.06. The van der Waals surface area contributed by atoms with Gasteiger partial charge in [-0.25, -0.2) is 4.39 Å². The molecule has 6 heteroatoms. The van der Waals surface area contributed by atoms with Crippen LogP contribution >= 0.6 is 0 Å². The number of hydrogen-bond acceptors (Lipinski definition) is 3. The molecular weight excluding hydrogens is 299 g/mol. The maximum Gasteiger partial charge on any atom is 0.224 e. The van der Waals surface area contributed by atoms with Crippen molar-refractivity contribution in [1.29, 1.82) is 0 Å². The number of carbonyl (C=O) groups excluding carboxylic acids is 2. The van der Waals surface area contributed by atoms with E-state index in [-0.39, 0.29) is 24.1 Å². The van der Waals surface area contributed by atoms with Gasteiger partial charge < -0.3 is 14.6 Å². The molecule has 2 amide bonds. The topological polar surface area (TPSA) is 62.6 Å². The highest BCUT2D eigenvalue weighted by molar-refractivity contribution is 5.78. The van der Waals surface area contributed by atoms with Crippen LogP contribution in [0.4, 0.5) is 4.39 Å². The molecule has 0 saturated heterocycles. The van der Waals surface area contributed by atoms with Gasteiger partial charge in [-0.05, 0) is 29.8 Å². The Kier molecular flexibility index (Phi) is 5.91. The van der Waals surface area contributed by atoms with Crippen LogP contribution in [0.1, 0.15) is 18.2 Å². The molecule has 1 heterocycles. The van der Waals surface area contributed by atoms with Crippen molar-refractivity contribution >= 4 is 11.8 Å². The van der Waals surface area contributed by atoms with E-state index in [9.17, 15) is 14.0 Å². The van der Waals surface area contributed by atoms with E-state index < -0.39 is 0 Å². The molecule has 1 aromatic carbocycles. The molecule has 0 saturated carbocycles. The van der Waals surface area contributed by atoms with Gasteiger partial charge in [-0.15, -0.1) is 0 Å². The van der Waals surface area contributed by atoms with Gasteiger partial charge in [0.15, 0.2) is 0 Å². The molecule has 0 unspecified atom stereocenters. The lowest BCUT2D eigenvalue weighted by atomic mass is 10.1. The van der Waals surface area contributed by atoms with Crippen LogP contribution in [0.15, 0.2) is 47.1 Å². The number of halogens is 1. The van der Waals surface area contributed by atoms with E-state index in [1.54, 1.807) is 35.4 Å². The predicted molar refractivity (Wildman–Crippen MR) is 82.9 cm³/mol. The number of furan rings is 1. The summed E-state index contributed by atoms with van der Waals surface area (Å²) in [4.78, 5) is 25.0. The summed E-state index contributed by atoms with van der Waals surface area (Å²) >= 11 is 0. The fourth-order valence-corrected chi connectivity index (χ4v) is 2.16. The van der Waals surface area contributed by atoms with Crippen molar-refractivity contribution in [2.45, 2.75) is 19.9 Å². The van der Waals surface area contributed by atoms with Crippen LogP contribution in [-0.4, -0.2) is 29.8 Å². The number of amides is 2. The zero-order chi connectivity index (χ0) is 16.7. The lowest BCUT2D eigenvalue weighted by Gasteiger charge is -2.20. The summed E-state index contributed by atoms with van der Waals surface area (Å²) in [5, 5.41) is 2.73. The van der Waals surface area contributed by atoms with Crippen LogP contribution in [-0.2, 0) is 22.6 Å². The lowest BCUT2D eigenvalue weighted by Crippen LogP contribution is -2.37. The van der Waals surface area contributed by atoms with Crippen molar-refractivity contribution in [3.63, 3.8) is 0 Å². The van der Waals surface area contributed by atoms with E-state index in [2.05, 4.69) is 5.32 Å². The summed E-state index contributed by atoms with van der Waals surface area (Å²) in [6.07, 6.45) is 1.66. The zero-order valence-corrected chi connectivity index (χ0v) is 12.9. The van der Waals surface area contributed by atoms with E-state index in [0.717, 1.165) is 0 Å². The first-order valence-electron chi connectivity index (χ1n) is 7.33.